The minimum absolute atomic E-state index is 0.0287. The molecule has 2 fully saturated rings. The second kappa shape index (κ2) is 3.29. The Labute approximate surface area is 97.4 Å². The Hall–Kier alpha value is -1.91. The number of carbonyl (C=O) groups is 2. The molecule has 88 valence electrons. The Morgan fingerprint density at radius 3 is 2.59 bits per heavy atom. The number of nitrogens with one attached hydrogen (secondary N) is 1. The van der Waals surface area contributed by atoms with Crippen LogP contribution in [-0.4, -0.2) is 18.5 Å². The Morgan fingerprint density at radius 1 is 1.24 bits per heavy atom. The second-order valence-electron chi connectivity index (χ2n) is 4.53. The average molecular weight is 234 g/mol. The molecule has 3 amide bonds. The van der Waals surface area contributed by atoms with Gasteiger partial charge in [0.05, 0.1) is 11.1 Å². The van der Waals surface area contributed by atoms with Crippen molar-refractivity contribution in [2.24, 2.45) is 5.41 Å². The SMILES string of the molecule is O=C1NCC2(CC2)C(=O)N1c1ccccc1F. The van der Waals surface area contributed by atoms with Gasteiger partial charge in [-0.1, -0.05) is 12.1 Å². The molecule has 1 heterocycles. The standard InChI is InChI=1S/C12H11FN2O2/c13-8-3-1-2-4-9(8)15-10(16)12(5-6-12)7-14-11(15)17/h1-4H,5-7H2,(H,14,17). The molecule has 0 atom stereocenters. The predicted octanol–water partition coefficient (Wildman–Crippen LogP) is 1.66. The molecular weight excluding hydrogens is 223 g/mol. The van der Waals surface area contributed by atoms with Crippen LogP contribution in [0.15, 0.2) is 24.3 Å². The fourth-order valence-electron chi connectivity index (χ4n) is 2.12. The van der Waals surface area contributed by atoms with Crippen LogP contribution in [0.5, 0.6) is 0 Å². The maximum absolute atomic E-state index is 13.6. The van der Waals surface area contributed by atoms with Gasteiger partial charge in [0.2, 0.25) is 5.91 Å². The van der Waals surface area contributed by atoms with E-state index in [0.717, 1.165) is 17.7 Å². The molecule has 0 bridgehead atoms. The summed E-state index contributed by atoms with van der Waals surface area (Å²) in [5.41, 5.74) is -0.447. The first kappa shape index (κ1) is 10.3. The van der Waals surface area contributed by atoms with Gasteiger partial charge in [0.1, 0.15) is 5.82 Å². The van der Waals surface area contributed by atoms with E-state index >= 15 is 0 Å². The smallest absolute Gasteiger partial charge is 0.328 e. The molecule has 1 saturated carbocycles. The van der Waals surface area contributed by atoms with Crippen molar-refractivity contribution in [1.29, 1.82) is 0 Å². The van der Waals surface area contributed by atoms with Crippen LogP contribution in [0.3, 0.4) is 0 Å². The third-order valence-electron chi connectivity index (χ3n) is 3.38. The first-order valence-corrected chi connectivity index (χ1v) is 5.51. The molecule has 1 spiro atoms. The van der Waals surface area contributed by atoms with E-state index in [4.69, 9.17) is 0 Å². The van der Waals surface area contributed by atoms with Gasteiger partial charge in [-0.15, -0.1) is 0 Å². The van der Waals surface area contributed by atoms with Crippen LogP contribution in [0.2, 0.25) is 0 Å². The van der Waals surface area contributed by atoms with Crippen LogP contribution >= 0.6 is 0 Å². The molecule has 4 nitrogen and oxygen atoms in total. The van der Waals surface area contributed by atoms with E-state index in [-0.39, 0.29) is 11.6 Å². The van der Waals surface area contributed by atoms with Gasteiger partial charge in [-0.05, 0) is 25.0 Å². The van der Waals surface area contributed by atoms with E-state index < -0.39 is 17.3 Å². The van der Waals surface area contributed by atoms with Crippen molar-refractivity contribution in [1.82, 2.24) is 5.32 Å². The number of halogens is 1. The molecule has 1 N–H and O–H groups in total. The number of imide groups is 1. The average Bonchev–Trinajstić information content (AvgIpc) is 3.09. The number of hydrogen-bond donors (Lipinski definition) is 1. The fourth-order valence-corrected chi connectivity index (χ4v) is 2.12. The topological polar surface area (TPSA) is 49.4 Å². The highest BCUT2D eigenvalue weighted by atomic mass is 19.1. The van der Waals surface area contributed by atoms with Crippen molar-refractivity contribution in [2.75, 3.05) is 11.4 Å². The lowest BCUT2D eigenvalue weighted by Crippen LogP contribution is -2.56. The summed E-state index contributed by atoms with van der Waals surface area (Å²) in [4.78, 5) is 24.8. The summed E-state index contributed by atoms with van der Waals surface area (Å²) >= 11 is 0. The van der Waals surface area contributed by atoms with Crippen molar-refractivity contribution in [2.45, 2.75) is 12.8 Å². The lowest BCUT2D eigenvalue weighted by Gasteiger charge is -2.31. The maximum atomic E-state index is 13.6. The van der Waals surface area contributed by atoms with E-state index in [0.29, 0.717) is 6.54 Å². The molecule has 0 unspecified atom stereocenters. The largest absolute Gasteiger partial charge is 0.336 e. The van der Waals surface area contributed by atoms with Crippen LogP contribution in [0, 0.1) is 11.2 Å². The van der Waals surface area contributed by atoms with Gasteiger partial charge in [-0.25, -0.2) is 14.1 Å². The normalized spacial score (nSPS) is 21.6. The molecule has 1 saturated heterocycles. The zero-order chi connectivity index (χ0) is 12.0. The van der Waals surface area contributed by atoms with Crippen molar-refractivity contribution in [3.8, 4) is 0 Å². The number of anilines is 1. The summed E-state index contributed by atoms with van der Waals surface area (Å²) in [5.74, 6) is -0.847. The first-order chi connectivity index (χ1) is 8.14. The number of urea groups is 1. The number of para-hydroxylation sites is 1. The molecule has 1 aromatic rings. The first-order valence-electron chi connectivity index (χ1n) is 5.51. The van der Waals surface area contributed by atoms with E-state index in [1.807, 2.05) is 0 Å². The molecule has 1 aliphatic heterocycles. The molecule has 1 aliphatic carbocycles. The van der Waals surface area contributed by atoms with Crippen LogP contribution in [0.4, 0.5) is 14.9 Å². The van der Waals surface area contributed by atoms with Gasteiger partial charge in [-0.3, -0.25) is 4.79 Å². The Kier molecular flexibility index (Phi) is 1.98. The van der Waals surface area contributed by atoms with Gasteiger partial charge >= 0.3 is 6.03 Å². The number of rotatable bonds is 1. The Balaban J connectivity index is 2.03. The van der Waals surface area contributed by atoms with E-state index in [9.17, 15) is 14.0 Å². The minimum atomic E-state index is -0.561. The van der Waals surface area contributed by atoms with E-state index in [1.54, 1.807) is 6.07 Å². The van der Waals surface area contributed by atoms with Gasteiger partial charge in [0.15, 0.2) is 0 Å². The second-order valence-corrected chi connectivity index (χ2v) is 4.53. The number of nitrogens with zero attached hydrogens (tertiary/aromatic N) is 1. The molecule has 2 aliphatic rings. The molecule has 0 radical (unpaired) electrons. The molecule has 17 heavy (non-hydrogen) atoms. The summed E-state index contributed by atoms with van der Waals surface area (Å²) in [6, 6.07) is 5.27. The van der Waals surface area contributed by atoms with Crippen molar-refractivity contribution in [3.05, 3.63) is 30.1 Å². The maximum Gasteiger partial charge on any atom is 0.328 e. The Morgan fingerprint density at radius 2 is 1.94 bits per heavy atom. The van der Waals surface area contributed by atoms with Crippen LogP contribution in [0.1, 0.15) is 12.8 Å². The molecule has 1 aromatic carbocycles. The summed E-state index contributed by atoms with van der Waals surface area (Å²) in [7, 11) is 0. The highest BCUT2D eigenvalue weighted by molar-refractivity contribution is 6.18. The number of hydrogen-bond acceptors (Lipinski definition) is 2. The van der Waals surface area contributed by atoms with Gasteiger partial charge in [0.25, 0.3) is 0 Å². The lowest BCUT2D eigenvalue weighted by atomic mass is 10.0. The molecule has 3 rings (SSSR count). The summed E-state index contributed by atoms with van der Waals surface area (Å²) in [5, 5.41) is 2.64. The summed E-state index contributed by atoms with van der Waals surface area (Å²) < 4.78 is 13.6. The van der Waals surface area contributed by atoms with Gasteiger partial charge in [-0.2, -0.15) is 0 Å². The number of amides is 3. The highest BCUT2D eigenvalue weighted by Gasteiger charge is 2.56. The van der Waals surface area contributed by atoms with Crippen LogP contribution in [0.25, 0.3) is 0 Å². The molecule has 0 aromatic heterocycles. The number of carbonyl (C=O) groups excluding carboxylic acids is 2. The third-order valence-corrected chi connectivity index (χ3v) is 3.38. The summed E-state index contributed by atoms with van der Waals surface area (Å²) in [6.07, 6.45) is 1.52. The number of benzene rings is 1. The monoisotopic (exact) mass is 234 g/mol. The zero-order valence-electron chi connectivity index (χ0n) is 9.07. The molecular formula is C12H11FN2O2. The van der Waals surface area contributed by atoms with Crippen LogP contribution < -0.4 is 10.2 Å². The van der Waals surface area contributed by atoms with Crippen LogP contribution in [-0.2, 0) is 4.79 Å². The quantitative estimate of drug-likeness (QED) is 0.803. The van der Waals surface area contributed by atoms with E-state index in [2.05, 4.69) is 5.32 Å². The van der Waals surface area contributed by atoms with E-state index in [1.165, 1.54) is 18.2 Å². The van der Waals surface area contributed by atoms with Crippen molar-refractivity contribution < 1.29 is 14.0 Å². The Bertz CT molecular complexity index is 511. The van der Waals surface area contributed by atoms with Gasteiger partial charge in [0, 0.05) is 6.54 Å². The summed E-state index contributed by atoms with van der Waals surface area (Å²) in [6.45, 7) is 0.371. The predicted molar refractivity (Wildman–Crippen MR) is 59.0 cm³/mol. The van der Waals surface area contributed by atoms with Gasteiger partial charge < -0.3 is 5.32 Å². The van der Waals surface area contributed by atoms with Crippen molar-refractivity contribution in [3.63, 3.8) is 0 Å². The minimum Gasteiger partial charge on any atom is -0.336 e. The third kappa shape index (κ3) is 1.42. The molecule has 5 heteroatoms. The highest BCUT2D eigenvalue weighted by Crippen LogP contribution is 2.48. The zero-order valence-corrected chi connectivity index (χ0v) is 9.07. The lowest BCUT2D eigenvalue weighted by molar-refractivity contribution is -0.123. The fraction of sp³-hybridized carbons (Fsp3) is 0.333. The van der Waals surface area contributed by atoms with Crippen molar-refractivity contribution >= 4 is 17.6 Å².